The minimum Gasteiger partial charge on any atom is -0.504 e. The molecule has 0 bridgehead atoms. The minimum atomic E-state index is -0.192. The van der Waals surface area contributed by atoms with Gasteiger partial charge in [0, 0.05) is 5.56 Å². The lowest BCUT2D eigenvalue weighted by molar-refractivity contribution is 0.403. The van der Waals surface area contributed by atoms with Crippen LogP contribution in [0.1, 0.15) is 5.56 Å². The van der Waals surface area contributed by atoms with E-state index in [1.165, 1.54) is 12.3 Å². The predicted octanol–water partition coefficient (Wildman–Crippen LogP) is 2.55. The first-order chi connectivity index (χ1) is 9.20. The summed E-state index contributed by atoms with van der Waals surface area (Å²) in [5, 5.41) is 22.9. The first-order valence-electron chi connectivity index (χ1n) is 5.65. The number of aromatic hydroxyl groups is 2. The maximum absolute atomic E-state index is 9.58. The van der Waals surface area contributed by atoms with Crippen molar-refractivity contribution in [3.05, 3.63) is 48.0 Å². The van der Waals surface area contributed by atoms with Crippen LogP contribution in [0, 0.1) is 0 Å². The van der Waals surface area contributed by atoms with Gasteiger partial charge in [-0.1, -0.05) is 6.07 Å². The van der Waals surface area contributed by atoms with E-state index in [4.69, 9.17) is 4.74 Å². The number of hydrazone groups is 1. The van der Waals surface area contributed by atoms with Crippen molar-refractivity contribution in [2.45, 2.75) is 0 Å². The summed E-state index contributed by atoms with van der Waals surface area (Å²) >= 11 is 0. The summed E-state index contributed by atoms with van der Waals surface area (Å²) in [4.78, 5) is 0. The van der Waals surface area contributed by atoms with Gasteiger partial charge in [0.2, 0.25) is 0 Å². The van der Waals surface area contributed by atoms with E-state index >= 15 is 0 Å². The van der Waals surface area contributed by atoms with Crippen LogP contribution in [0.5, 0.6) is 17.2 Å². The highest BCUT2D eigenvalue weighted by Gasteiger charge is 2.02. The molecule has 3 N–H and O–H groups in total. The van der Waals surface area contributed by atoms with Crippen LogP contribution in [0.25, 0.3) is 0 Å². The molecule has 0 unspecified atom stereocenters. The molecule has 0 aromatic heterocycles. The van der Waals surface area contributed by atoms with Gasteiger partial charge in [-0.3, -0.25) is 5.43 Å². The summed E-state index contributed by atoms with van der Waals surface area (Å²) in [6, 6.07) is 11.9. The highest BCUT2D eigenvalue weighted by Crippen LogP contribution is 2.26. The molecule has 2 aromatic rings. The molecule has 5 nitrogen and oxygen atoms in total. The topological polar surface area (TPSA) is 74.1 Å². The van der Waals surface area contributed by atoms with Crippen LogP contribution in [-0.2, 0) is 0 Å². The van der Waals surface area contributed by atoms with E-state index in [0.717, 1.165) is 11.4 Å². The monoisotopic (exact) mass is 258 g/mol. The van der Waals surface area contributed by atoms with Gasteiger partial charge in [0.25, 0.3) is 0 Å². The van der Waals surface area contributed by atoms with Crippen molar-refractivity contribution in [3.63, 3.8) is 0 Å². The zero-order valence-corrected chi connectivity index (χ0v) is 10.4. The maximum Gasteiger partial charge on any atom is 0.166 e. The Morgan fingerprint density at radius 1 is 1.11 bits per heavy atom. The Labute approximate surface area is 110 Å². The summed E-state index contributed by atoms with van der Waals surface area (Å²) in [6.07, 6.45) is 1.43. The van der Waals surface area contributed by atoms with Gasteiger partial charge in [-0.05, 0) is 36.4 Å². The molecule has 0 aliphatic heterocycles. The van der Waals surface area contributed by atoms with Gasteiger partial charge in [0.15, 0.2) is 11.5 Å². The standard InChI is InChI=1S/C14H14N2O3/c1-19-12-7-5-11(6-8-12)16-15-9-10-3-2-4-13(17)14(10)18/h2-9,16-18H,1H3/b15-9+. The molecule has 0 saturated heterocycles. The average molecular weight is 258 g/mol. The number of hydrogen-bond acceptors (Lipinski definition) is 5. The third-order valence-corrected chi connectivity index (χ3v) is 2.53. The predicted molar refractivity (Wildman–Crippen MR) is 74.0 cm³/mol. The second-order valence-electron chi connectivity index (χ2n) is 3.81. The van der Waals surface area contributed by atoms with Gasteiger partial charge >= 0.3 is 0 Å². The molecule has 19 heavy (non-hydrogen) atoms. The fourth-order valence-electron chi connectivity index (χ4n) is 1.49. The lowest BCUT2D eigenvalue weighted by Gasteiger charge is -2.03. The van der Waals surface area contributed by atoms with E-state index in [1.807, 2.05) is 24.3 Å². The van der Waals surface area contributed by atoms with Gasteiger partial charge in [-0.25, -0.2) is 0 Å². The average Bonchev–Trinajstić information content (AvgIpc) is 2.44. The Bertz CT molecular complexity index is 580. The highest BCUT2D eigenvalue weighted by atomic mass is 16.5. The first-order valence-corrected chi connectivity index (χ1v) is 5.65. The molecule has 5 heteroatoms. The summed E-state index contributed by atoms with van der Waals surface area (Å²) in [5.74, 6) is 0.399. The van der Waals surface area contributed by atoms with Crippen LogP contribution in [0.4, 0.5) is 5.69 Å². The quantitative estimate of drug-likeness (QED) is 0.447. The highest BCUT2D eigenvalue weighted by molar-refractivity contribution is 5.85. The second kappa shape index (κ2) is 5.77. The summed E-state index contributed by atoms with van der Waals surface area (Å²) < 4.78 is 5.04. The Morgan fingerprint density at radius 2 is 1.84 bits per heavy atom. The number of benzene rings is 2. The van der Waals surface area contributed by atoms with Crippen LogP contribution >= 0.6 is 0 Å². The fourth-order valence-corrected chi connectivity index (χ4v) is 1.49. The molecule has 0 saturated carbocycles. The lowest BCUT2D eigenvalue weighted by atomic mass is 10.2. The molecule has 2 rings (SSSR count). The number of anilines is 1. The SMILES string of the molecule is COc1ccc(N/N=C/c2cccc(O)c2O)cc1. The van der Waals surface area contributed by atoms with E-state index < -0.39 is 0 Å². The van der Waals surface area contributed by atoms with Crippen LogP contribution in [-0.4, -0.2) is 23.5 Å². The van der Waals surface area contributed by atoms with Crippen LogP contribution in [0.15, 0.2) is 47.6 Å². The summed E-state index contributed by atoms with van der Waals surface area (Å²) in [5.41, 5.74) is 4.03. The van der Waals surface area contributed by atoms with Gasteiger partial charge in [-0.2, -0.15) is 5.10 Å². The zero-order valence-electron chi connectivity index (χ0n) is 10.4. The zero-order chi connectivity index (χ0) is 13.7. The van der Waals surface area contributed by atoms with Crippen LogP contribution < -0.4 is 10.2 Å². The lowest BCUT2D eigenvalue weighted by Crippen LogP contribution is -1.91. The smallest absolute Gasteiger partial charge is 0.166 e. The molecular weight excluding hydrogens is 244 g/mol. The van der Waals surface area contributed by atoms with Gasteiger partial charge in [-0.15, -0.1) is 0 Å². The molecule has 0 fully saturated rings. The molecular formula is C14H14N2O3. The van der Waals surface area contributed by atoms with E-state index in [9.17, 15) is 10.2 Å². The molecule has 98 valence electrons. The van der Waals surface area contributed by atoms with Crippen molar-refractivity contribution < 1.29 is 14.9 Å². The Balaban J connectivity index is 2.04. The van der Waals surface area contributed by atoms with Crippen molar-refractivity contribution in [3.8, 4) is 17.2 Å². The van der Waals surface area contributed by atoms with Crippen LogP contribution in [0.3, 0.4) is 0 Å². The van der Waals surface area contributed by atoms with Crippen LogP contribution in [0.2, 0.25) is 0 Å². The molecule has 0 amide bonds. The minimum absolute atomic E-state index is 0.173. The maximum atomic E-state index is 9.58. The number of hydrogen-bond donors (Lipinski definition) is 3. The normalized spacial score (nSPS) is 10.6. The first kappa shape index (κ1) is 12.8. The Kier molecular flexibility index (Phi) is 3.87. The van der Waals surface area contributed by atoms with Crippen molar-refractivity contribution in [1.82, 2.24) is 0 Å². The second-order valence-corrected chi connectivity index (χ2v) is 3.81. The molecule has 0 spiro atoms. The largest absolute Gasteiger partial charge is 0.504 e. The van der Waals surface area contributed by atoms with E-state index in [2.05, 4.69) is 10.5 Å². The van der Waals surface area contributed by atoms with E-state index in [1.54, 1.807) is 19.2 Å². The summed E-state index contributed by atoms with van der Waals surface area (Å²) in [6.45, 7) is 0. The molecule has 0 aliphatic rings. The van der Waals surface area contributed by atoms with E-state index in [-0.39, 0.29) is 11.5 Å². The Morgan fingerprint density at radius 3 is 2.53 bits per heavy atom. The number of nitrogens with zero attached hydrogens (tertiary/aromatic N) is 1. The number of methoxy groups -OCH3 is 1. The number of ether oxygens (including phenoxy) is 1. The third kappa shape index (κ3) is 3.16. The summed E-state index contributed by atoms with van der Waals surface area (Å²) in [7, 11) is 1.60. The van der Waals surface area contributed by atoms with Crippen molar-refractivity contribution >= 4 is 11.9 Å². The van der Waals surface area contributed by atoms with Crippen molar-refractivity contribution in [1.29, 1.82) is 0 Å². The third-order valence-electron chi connectivity index (χ3n) is 2.53. The number of rotatable bonds is 4. The number of para-hydroxylation sites is 1. The number of nitrogens with one attached hydrogen (secondary N) is 1. The van der Waals surface area contributed by atoms with Gasteiger partial charge in [0.05, 0.1) is 19.0 Å². The Hall–Kier alpha value is -2.69. The number of phenolic OH excluding ortho intramolecular Hbond substituents is 2. The molecule has 0 radical (unpaired) electrons. The molecule has 2 aromatic carbocycles. The van der Waals surface area contributed by atoms with Gasteiger partial charge < -0.3 is 14.9 Å². The van der Waals surface area contributed by atoms with Crippen molar-refractivity contribution in [2.24, 2.45) is 5.10 Å². The van der Waals surface area contributed by atoms with Gasteiger partial charge in [0.1, 0.15) is 5.75 Å². The van der Waals surface area contributed by atoms with E-state index in [0.29, 0.717) is 5.56 Å². The van der Waals surface area contributed by atoms with Crippen molar-refractivity contribution in [2.75, 3.05) is 12.5 Å². The molecule has 0 heterocycles. The number of phenols is 2. The fraction of sp³-hybridized carbons (Fsp3) is 0.0714. The molecule has 0 atom stereocenters. The molecule has 0 aliphatic carbocycles.